The van der Waals surface area contributed by atoms with Crippen LogP contribution in [0.5, 0.6) is 0 Å². The van der Waals surface area contributed by atoms with E-state index in [1.807, 2.05) is 0 Å². The maximum atomic E-state index is 11.6. The fourth-order valence-electron chi connectivity index (χ4n) is 1.86. The van der Waals surface area contributed by atoms with Crippen LogP contribution in [0.4, 0.5) is 17.1 Å². The van der Waals surface area contributed by atoms with Gasteiger partial charge in [0.2, 0.25) is 5.91 Å². The minimum Gasteiger partial charge on any atom is -0.481 e. The van der Waals surface area contributed by atoms with Crippen LogP contribution < -0.4 is 16.4 Å². The molecule has 136 valence electrons. The molecule has 0 radical (unpaired) electrons. The van der Waals surface area contributed by atoms with Crippen LogP contribution in [0.15, 0.2) is 18.2 Å². The smallest absolute Gasteiger partial charge is 0.303 e. The lowest BCUT2D eigenvalue weighted by atomic mass is 10.1. The Labute approximate surface area is 141 Å². The number of nitrogens with zero attached hydrogens (tertiary/aromatic N) is 2. The Bertz CT molecular complexity index is 679. The van der Waals surface area contributed by atoms with Crippen molar-refractivity contribution in [2.45, 2.75) is 18.9 Å². The first-order valence-corrected chi connectivity index (χ1v) is 7.14. The van der Waals surface area contributed by atoms with Crippen molar-refractivity contribution in [3.63, 3.8) is 0 Å². The van der Waals surface area contributed by atoms with Crippen molar-refractivity contribution < 1.29 is 24.5 Å². The molecule has 0 aliphatic rings. The number of carboxylic acid groups (broad SMARTS) is 1. The van der Waals surface area contributed by atoms with E-state index in [1.165, 1.54) is 6.07 Å². The Kier molecular flexibility index (Phi) is 7.21. The summed E-state index contributed by atoms with van der Waals surface area (Å²) in [6.07, 6.45) is -0.246. The zero-order valence-corrected chi connectivity index (χ0v) is 13.0. The first kappa shape index (κ1) is 19.8. The van der Waals surface area contributed by atoms with Crippen molar-refractivity contribution in [3.8, 4) is 0 Å². The molecule has 0 aliphatic heterocycles. The van der Waals surface area contributed by atoms with Crippen LogP contribution in [0.3, 0.4) is 0 Å². The van der Waals surface area contributed by atoms with E-state index in [0.717, 1.165) is 12.1 Å². The predicted molar refractivity (Wildman–Crippen MR) is 86.1 cm³/mol. The molecule has 5 N–H and O–H groups in total. The monoisotopic (exact) mass is 355 g/mol. The number of non-ortho nitro benzene ring substituents is 1. The van der Waals surface area contributed by atoms with Crippen LogP contribution in [-0.2, 0) is 9.59 Å². The fraction of sp³-hybridized carbons (Fsp3) is 0.385. The van der Waals surface area contributed by atoms with Crippen molar-refractivity contribution in [1.29, 1.82) is 0 Å². The van der Waals surface area contributed by atoms with E-state index in [4.69, 9.17) is 10.8 Å². The number of amides is 1. The van der Waals surface area contributed by atoms with Gasteiger partial charge in [-0.05, 0) is 12.5 Å². The maximum Gasteiger partial charge on any atom is 0.303 e. The van der Waals surface area contributed by atoms with Gasteiger partial charge in [0, 0.05) is 25.6 Å². The number of hydrogen-bond acceptors (Lipinski definition) is 8. The van der Waals surface area contributed by atoms with E-state index < -0.39 is 39.1 Å². The summed E-state index contributed by atoms with van der Waals surface area (Å²) in [5.74, 6) is -1.60. The average Bonchev–Trinajstić information content (AvgIpc) is 2.55. The number of hydrogen-bond donors (Lipinski definition) is 4. The molecule has 1 amide bonds. The summed E-state index contributed by atoms with van der Waals surface area (Å²) in [7, 11) is 0. The average molecular weight is 355 g/mol. The lowest BCUT2D eigenvalue weighted by molar-refractivity contribution is -0.393. The topological polar surface area (TPSA) is 191 Å². The third-order valence-electron chi connectivity index (χ3n) is 3.13. The zero-order chi connectivity index (χ0) is 19.0. The molecule has 25 heavy (non-hydrogen) atoms. The quantitative estimate of drug-likeness (QED) is 0.258. The molecule has 0 bridgehead atoms. The summed E-state index contributed by atoms with van der Waals surface area (Å²) >= 11 is 0. The summed E-state index contributed by atoms with van der Waals surface area (Å²) in [4.78, 5) is 42.1. The molecule has 1 aromatic rings. The Morgan fingerprint density at radius 1 is 1.20 bits per heavy atom. The van der Waals surface area contributed by atoms with Crippen molar-refractivity contribution >= 4 is 28.9 Å². The summed E-state index contributed by atoms with van der Waals surface area (Å²) in [5, 5.41) is 35.3. The van der Waals surface area contributed by atoms with Gasteiger partial charge in [-0.2, -0.15) is 0 Å². The van der Waals surface area contributed by atoms with Gasteiger partial charge in [0.25, 0.3) is 11.4 Å². The third-order valence-corrected chi connectivity index (χ3v) is 3.13. The maximum absolute atomic E-state index is 11.6. The highest BCUT2D eigenvalue weighted by molar-refractivity contribution is 5.82. The third kappa shape index (κ3) is 6.39. The first-order valence-electron chi connectivity index (χ1n) is 7.14. The van der Waals surface area contributed by atoms with Crippen LogP contribution in [0.2, 0.25) is 0 Å². The zero-order valence-electron chi connectivity index (χ0n) is 13.0. The molecule has 0 aliphatic carbocycles. The van der Waals surface area contributed by atoms with Crippen molar-refractivity contribution in [3.05, 3.63) is 38.4 Å². The molecular weight excluding hydrogens is 338 g/mol. The second kappa shape index (κ2) is 9.12. The fourth-order valence-corrected chi connectivity index (χ4v) is 1.86. The number of aliphatic carboxylic acids is 1. The van der Waals surface area contributed by atoms with Crippen molar-refractivity contribution in [2.75, 3.05) is 18.4 Å². The Morgan fingerprint density at radius 3 is 2.44 bits per heavy atom. The van der Waals surface area contributed by atoms with Crippen molar-refractivity contribution in [2.24, 2.45) is 5.73 Å². The number of nitrogens with two attached hydrogens (primary N) is 1. The van der Waals surface area contributed by atoms with Crippen LogP contribution >= 0.6 is 0 Å². The van der Waals surface area contributed by atoms with Gasteiger partial charge >= 0.3 is 5.97 Å². The minimum atomic E-state index is -1.06. The van der Waals surface area contributed by atoms with Crippen LogP contribution in [0, 0.1) is 20.2 Å². The molecule has 0 saturated carbocycles. The number of rotatable bonds is 10. The highest BCUT2D eigenvalue weighted by atomic mass is 16.6. The summed E-state index contributed by atoms with van der Waals surface area (Å²) in [5.41, 5.74) is 4.72. The van der Waals surface area contributed by atoms with E-state index in [-0.39, 0.29) is 31.6 Å². The second-order valence-electron chi connectivity index (χ2n) is 4.97. The van der Waals surface area contributed by atoms with E-state index in [1.54, 1.807) is 0 Å². The number of nitrogens with one attached hydrogen (secondary N) is 2. The number of carbonyl (C=O) groups excluding carboxylic acids is 1. The van der Waals surface area contributed by atoms with E-state index in [9.17, 15) is 29.8 Å². The van der Waals surface area contributed by atoms with Gasteiger partial charge in [0.1, 0.15) is 5.69 Å². The molecule has 0 fully saturated rings. The number of anilines is 1. The number of nitro benzene ring substituents is 2. The first-order chi connectivity index (χ1) is 11.7. The molecule has 0 unspecified atom stereocenters. The summed E-state index contributed by atoms with van der Waals surface area (Å²) in [6, 6.07) is 2.19. The number of carboxylic acids is 1. The molecule has 0 saturated heterocycles. The van der Waals surface area contributed by atoms with Gasteiger partial charge in [-0.3, -0.25) is 29.8 Å². The number of carbonyl (C=O) groups is 2. The number of nitro groups is 2. The largest absolute Gasteiger partial charge is 0.481 e. The Morgan fingerprint density at radius 2 is 1.88 bits per heavy atom. The van der Waals surface area contributed by atoms with E-state index >= 15 is 0 Å². The van der Waals surface area contributed by atoms with Gasteiger partial charge in [-0.25, -0.2) is 0 Å². The van der Waals surface area contributed by atoms with Gasteiger partial charge in [-0.1, -0.05) is 0 Å². The van der Waals surface area contributed by atoms with Gasteiger partial charge in [0.15, 0.2) is 0 Å². The SMILES string of the molecule is N[C@@H](CCC(=O)O)C(=O)NCCNc1ccc([N+](=O)[O-])cc1[N+](=O)[O-]. The normalized spacial score (nSPS) is 11.4. The number of benzene rings is 1. The van der Waals surface area contributed by atoms with Gasteiger partial charge in [0.05, 0.1) is 22.0 Å². The van der Waals surface area contributed by atoms with E-state index in [2.05, 4.69) is 10.6 Å². The second-order valence-corrected chi connectivity index (χ2v) is 4.97. The molecule has 1 aromatic carbocycles. The summed E-state index contributed by atoms with van der Waals surface area (Å²) in [6.45, 7) is 0.184. The molecule has 0 heterocycles. The van der Waals surface area contributed by atoms with Gasteiger partial charge in [-0.15, -0.1) is 0 Å². The molecule has 0 aromatic heterocycles. The highest BCUT2D eigenvalue weighted by Crippen LogP contribution is 2.28. The minimum absolute atomic E-state index is 0.0115. The van der Waals surface area contributed by atoms with Gasteiger partial charge < -0.3 is 21.5 Å². The Balaban J connectivity index is 2.53. The molecule has 1 atom stereocenters. The highest BCUT2D eigenvalue weighted by Gasteiger charge is 2.19. The molecular formula is C13H17N5O7. The molecule has 0 spiro atoms. The molecule has 12 heteroatoms. The van der Waals surface area contributed by atoms with Crippen molar-refractivity contribution in [1.82, 2.24) is 5.32 Å². The molecule has 1 rings (SSSR count). The molecule has 12 nitrogen and oxygen atoms in total. The van der Waals surface area contributed by atoms with E-state index in [0.29, 0.717) is 0 Å². The van der Waals surface area contributed by atoms with Crippen LogP contribution in [-0.4, -0.2) is 46.0 Å². The van der Waals surface area contributed by atoms with Crippen LogP contribution in [0.1, 0.15) is 12.8 Å². The summed E-state index contributed by atoms with van der Waals surface area (Å²) < 4.78 is 0. The lowest BCUT2D eigenvalue weighted by Crippen LogP contribution is -2.42. The Hall–Kier alpha value is -3.28. The standard InChI is InChI=1S/C13H17N5O7/c14-9(2-4-12(19)20)13(21)16-6-5-15-10-3-1-8(17(22)23)7-11(10)18(24)25/h1,3,7,9,15H,2,4-6,14H2,(H,16,21)(H,19,20)/t9-/m0/s1. The lowest BCUT2D eigenvalue weighted by Gasteiger charge is -2.12. The predicted octanol–water partition coefficient (Wildman–Crippen LogP) is 0.223. The van der Waals surface area contributed by atoms with Crippen LogP contribution in [0.25, 0.3) is 0 Å².